The first kappa shape index (κ1) is 15.0. The van der Waals surface area contributed by atoms with Gasteiger partial charge in [-0.1, -0.05) is 12.8 Å². The lowest BCUT2D eigenvalue weighted by Crippen LogP contribution is -2.38. The second-order valence-electron chi connectivity index (χ2n) is 6.34. The van der Waals surface area contributed by atoms with Crippen LogP contribution in [0.4, 0.5) is 0 Å². The SMILES string of the molecule is COCCNCc1ccn(C2CCOC3(CCCC3)C2)n1. The molecule has 1 saturated carbocycles. The van der Waals surface area contributed by atoms with Crippen LogP contribution in [0, 0.1) is 0 Å². The molecule has 0 bridgehead atoms. The van der Waals surface area contributed by atoms with Crippen LogP contribution >= 0.6 is 0 Å². The summed E-state index contributed by atoms with van der Waals surface area (Å²) in [6, 6.07) is 2.63. The van der Waals surface area contributed by atoms with Gasteiger partial charge in [-0.05, 0) is 31.7 Å². The first-order valence-electron chi connectivity index (χ1n) is 8.19. The van der Waals surface area contributed by atoms with E-state index in [9.17, 15) is 0 Å². The van der Waals surface area contributed by atoms with Gasteiger partial charge in [0.15, 0.2) is 0 Å². The molecule has 1 aromatic rings. The van der Waals surface area contributed by atoms with Crippen LogP contribution in [-0.4, -0.2) is 42.2 Å². The molecule has 1 N–H and O–H groups in total. The number of hydrogen-bond donors (Lipinski definition) is 1. The summed E-state index contributed by atoms with van der Waals surface area (Å²) in [5.74, 6) is 0. The molecule has 5 heteroatoms. The molecule has 0 aromatic carbocycles. The number of aromatic nitrogens is 2. The smallest absolute Gasteiger partial charge is 0.0762 e. The molecule has 21 heavy (non-hydrogen) atoms. The van der Waals surface area contributed by atoms with Gasteiger partial charge in [-0.3, -0.25) is 4.68 Å². The summed E-state index contributed by atoms with van der Waals surface area (Å²) in [7, 11) is 1.72. The van der Waals surface area contributed by atoms with Crippen molar-refractivity contribution in [2.45, 2.75) is 56.7 Å². The van der Waals surface area contributed by atoms with Gasteiger partial charge in [0.25, 0.3) is 0 Å². The molecule has 0 amide bonds. The fraction of sp³-hybridized carbons (Fsp3) is 0.812. The van der Waals surface area contributed by atoms with E-state index in [1.54, 1.807) is 7.11 Å². The second kappa shape index (κ2) is 6.90. The van der Waals surface area contributed by atoms with Crippen LogP contribution in [0.15, 0.2) is 12.3 Å². The molecular weight excluding hydrogens is 266 g/mol. The van der Waals surface area contributed by atoms with Crippen molar-refractivity contribution in [3.05, 3.63) is 18.0 Å². The third-order valence-electron chi connectivity index (χ3n) is 4.81. The third-order valence-corrected chi connectivity index (χ3v) is 4.81. The Hall–Kier alpha value is -0.910. The van der Waals surface area contributed by atoms with Crippen molar-refractivity contribution < 1.29 is 9.47 Å². The van der Waals surface area contributed by atoms with E-state index in [-0.39, 0.29) is 5.60 Å². The van der Waals surface area contributed by atoms with E-state index >= 15 is 0 Å². The standard InChI is InChI=1S/C16H27N3O2/c1-20-11-8-17-13-14-4-9-19(18-14)15-5-10-21-16(12-15)6-2-3-7-16/h4,9,15,17H,2-3,5-8,10-13H2,1H3. The van der Waals surface area contributed by atoms with Crippen molar-refractivity contribution in [3.63, 3.8) is 0 Å². The summed E-state index contributed by atoms with van der Waals surface area (Å²) in [5, 5.41) is 8.09. The van der Waals surface area contributed by atoms with Crippen molar-refractivity contribution in [2.75, 3.05) is 26.9 Å². The number of rotatable bonds is 6. The lowest BCUT2D eigenvalue weighted by Gasteiger charge is -2.38. The van der Waals surface area contributed by atoms with Gasteiger partial charge in [0.1, 0.15) is 0 Å². The Morgan fingerprint density at radius 2 is 2.33 bits per heavy atom. The first-order valence-corrected chi connectivity index (χ1v) is 8.19. The highest BCUT2D eigenvalue weighted by atomic mass is 16.5. The third kappa shape index (κ3) is 3.65. The van der Waals surface area contributed by atoms with E-state index in [0.717, 1.165) is 44.8 Å². The van der Waals surface area contributed by atoms with Crippen LogP contribution in [0.25, 0.3) is 0 Å². The molecule has 5 nitrogen and oxygen atoms in total. The fourth-order valence-electron chi connectivity index (χ4n) is 3.66. The van der Waals surface area contributed by atoms with E-state index in [0.29, 0.717) is 6.04 Å². The number of methoxy groups -OCH3 is 1. The monoisotopic (exact) mass is 293 g/mol. The molecular formula is C16H27N3O2. The molecule has 3 rings (SSSR count). The van der Waals surface area contributed by atoms with Crippen LogP contribution in [0.5, 0.6) is 0 Å². The Bertz CT molecular complexity index is 440. The molecule has 1 aliphatic carbocycles. The van der Waals surface area contributed by atoms with Gasteiger partial charge in [0.2, 0.25) is 0 Å². The van der Waals surface area contributed by atoms with Crippen LogP contribution in [0.1, 0.15) is 50.3 Å². The Kier molecular flexibility index (Phi) is 4.93. The van der Waals surface area contributed by atoms with Gasteiger partial charge >= 0.3 is 0 Å². The van der Waals surface area contributed by atoms with Crippen LogP contribution in [-0.2, 0) is 16.0 Å². The minimum absolute atomic E-state index is 0.158. The summed E-state index contributed by atoms with van der Waals surface area (Å²) in [6.45, 7) is 3.30. The van der Waals surface area contributed by atoms with Gasteiger partial charge in [-0.15, -0.1) is 0 Å². The van der Waals surface area contributed by atoms with Crippen molar-refractivity contribution in [2.24, 2.45) is 0 Å². The number of nitrogens with one attached hydrogen (secondary N) is 1. The molecule has 1 atom stereocenters. The molecule has 118 valence electrons. The summed E-state index contributed by atoms with van der Waals surface area (Å²) in [4.78, 5) is 0. The molecule has 2 aliphatic rings. The highest BCUT2D eigenvalue weighted by molar-refractivity contribution is 5.01. The average Bonchev–Trinajstić information content (AvgIpc) is 3.14. The molecule has 0 radical (unpaired) electrons. The topological polar surface area (TPSA) is 48.3 Å². The summed E-state index contributed by atoms with van der Waals surface area (Å²) >= 11 is 0. The van der Waals surface area contributed by atoms with Crippen LogP contribution in [0.3, 0.4) is 0 Å². The van der Waals surface area contributed by atoms with Crippen molar-refractivity contribution in [1.82, 2.24) is 15.1 Å². The summed E-state index contributed by atoms with van der Waals surface area (Å²) in [6.07, 6.45) is 9.45. The van der Waals surface area contributed by atoms with Crippen LogP contribution in [0.2, 0.25) is 0 Å². The lowest BCUT2D eigenvalue weighted by atomic mass is 9.89. The van der Waals surface area contributed by atoms with E-state index in [2.05, 4.69) is 22.3 Å². The Labute approximate surface area is 127 Å². The maximum absolute atomic E-state index is 6.11. The predicted molar refractivity (Wildman–Crippen MR) is 81.2 cm³/mol. The minimum Gasteiger partial charge on any atom is -0.383 e. The number of hydrogen-bond acceptors (Lipinski definition) is 4. The second-order valence-corrected chi connectivity index (χ2v) is 6.34. The van der Waals surface area contributed by atoms with Gasteiger partial charge in [0, 0.05) is 33.0 Å². The molecule has 1 aromatic heterocycles. The zero-order valence-electron chi connectivity index (χ0n) is 13.0. The summed E-state index contributed by atoms with van der Waals surface area (Å²) < 4.78 is 13.3. The highest BCUT2D eigenvalue weighted by Gasteiger charge is 2.40. The van der Waals surface area contributed by atoms with Gasteiger partial charge in [-0.2, -0.15) is 5.10 Å². The molecule has 2 heterocycles. The largest absolute Gasteiger partial charge is 0.383 e. The Morgan fingerprint density at radius 1 is 1.48 bits per heavy atom. The maximum Gasteiger partial charge on any atom is 0.0762 e. The van der Waals surface area contributed by atoms with Gasteiger partial charge in [-0.25, -0.2) is 0 Å². The zero-order chi connectivity index (χ0) is 14.5. The van der Waals surface area contributed by atoms with E-state index in [4.69, 9.17) is 14.6 Å². The fourth-order valence-corrected chi connectivity index (χ4v) is 3.66. The Morgan fingerprint density at radius 3 is 3.14 bits per heavy atom. The van der Waals surface area contributed by atoms with Crippen molar-refractivity contribution in [3.8, 4) is 0 Å². The maximum atomic E-state index is 6.11. The minimum atomic E-state index is 0.158. The lowest BCUT2D eigenvalue weighted by molar-refractivity contribution is -0.0910. The van der Waals surface area contributed by atoms with Gasteiger partial charge in [0.05, 0.1) is 23.9 Å². The number of nitrogens with zero attached hydrogens (tertiary/aromatic N) is 2. The molecule has 2 fully saturated rings. The van der Waals surface area contributed by atoms with Gasteiger partial charge < -0.3 is 14.8 Å². The van der Waals surface area contributed by atoms with Crippen LogP contribution < -0.4 is 5.32 Å². The van der Waals surface area contributed by atoms with E-state index < -0.39 is 0 Å². The summed E-state index contributed by atoms with van der Waals surface area (Å²) in [5.41, 5.74) is 1.27. The molecule has 1 unspecified atom stereocenters. The molecule has 1 spiro atoms. The van der Waals surface area contributed by atoms with Crippen molar-refractivity contribution >= 4 is 0 Å². The van der Waals surface area contributed by atoms with E-state index in [1.165, 1.54) is 25.7 Å². The molecule has 1 aliphatic heterocycles. The van der Waals surface area contributed by atoms with E-state index in [1.807, 2.05) is 0 Å². The average molecular weight is 293 g/mol. The van der Waals surface area contributed by atoms with Crippen molar-refractivity contribution in [1.29, 1.82) is 0 Å². The zero-order valence-corrected chi connectivity index (χ0v) is 13.0. The quantitative estimate of drug-likeness (QED) is 0.818. The normalized spacial score (nSPS) is 24.7. The predicted octanol–water partition coefficient (Wildman–Crippen LogP) is 2.28. The first-order chi connectivity index (χ1) is 10.3. The molecule has 1 saturated heterocycles. The highest BCUT2D eigenvalue weighted by Crippen LogP contribution is 2.43. The number of ether oxygens (including phenoxy) is 2. The Balaban J connectivity index is 1.55.